The van der Waals surface area contributed by atoms with Crippen LogP contribution in [0.15, 0.2) is 22.8 Å². The van der Waals surface area contributed by atoms with Gasteiger partial charge in [-0.1, -0.05) is 0 Å². The number of carbonyl (C=O) groups excluding carboxylic acids is 1. The number of sulfonamides is 1. The average molecular weight is 275 g/mol. The van der Waals surface area contributed by atoms with Crippen LogP contribution in [-0.2, 0) is 19.6 Å². The van der Waals surface area contributed by atoms with Gasteiger partial charge in [-0.05, 0) is 32.9 Å². The van der Waals surface area contributed by atoms with Crippen LogP contribution in [-0.4, -0.2) is 26.2 Å². The molecule has 0 aliphatic heterocycles. The summed E-state index contributed by atoms with van der Waals surface area (Å²) < 4.78 is 34.9. The molecule has 1 atom stereocenters. The molecule has 1 heterocycles. The minimum atomic E-state index is -3.69. The SMILES string of the molecule is COC(=O)C(NS(=O)(=O)C(C)(C)C)c1ccco1. The Labute approximate surface area is 106 Å². The summed E-state index contributed by atoms with van der Waals surface area (Å²) in [5.41, 5.74) is 0. The van der Waals surface area contributed by atoms with Crippen LogP contribution in [0.1, 0.15) is 32.6 Å². The molecule has 0 radical (unpaired) electrons. The number of hydrogen-bond donors (Lipinski definition) is 1. The molecule has 1 N–H and O–H groups in total. The van der Waals surface area contributed by atoms with Gasteiger partial charge in [-0.3, -0.25) is 0 Å². The summed E-state index contributed by atoms with van der Waals surface area (Å²) in [7, 11) is -2.50. The van der Waals surface area contributed by atoms with Crippen molar-refractivity contribution >= 4 is 16.0 Å². The topological polar surface area (TPSA) is 85.6 Å². The van der Waals surface area contributed by atoms with Gasteiger partial charge in [-0.25, -0.2) is 13.2 Å². The highest BCUT2D eigenvalue weighted by Gasteiger charge is 2.36. The van der Waals surface area contributed by atoms with Gasteiger partial charge >= 0.3 is 5.97 Å². The van der Waals surface area contributed by atoms with Crippen molar-refractivity contribution in [2.45, 2.75) is 31.6 Å². The summed E-state index contributed by atoms with van der Waals surface area (Å²) in [6.45, 7) is 4.60. The van der Waals surface area contributed by atoms with Crippen LogP contribution < -0.4 is 4.72 Å². The fraction of sp³-hybridized carbons (Fsp3) is 0.545. The number of carbonyl (C=O) groups is 1. The van der Waals surface area contributed by atoms with Crippen LogP contribution in [0.25, 0.3) is 0 Å². The monoisotopic (exact) mass is 275 g/mol. The molecule has 1 unspecified atom stereocenters. The number of methoxy groups -OCH3 is 1. The first-order chi connectivity index (χ1) is 8.19. The van der Waals surface area contributed by atoms with Crippen molar-refractivity contribution in [1.29, 1.82) is 0 Å². The van der Waals surface area contributed by atoms with Gasteiger partial charge in [0.1, 0.15) is 5.76 Å². The molecule has 7 heteroatoms. The van der Waals surface area contributed by atoms with E-state index in [1.54, 1.807) is 6.07 Å². The molecule has 1 aromatic rings. The molecule has 0 bridgehead atoms. The first-order valence-corrected chi connectivity index (χ1v) is 6.80. The third-order valence-corrected chi connectivity index (χ3v) is 4.50. The minimum Gasteiger partial charge on any atom is -0.467 e. The molecule has 102 valence electrons. The van der Waals surface area contributed by atoms with Gasteiger partial charge in [0.15, 0.2) is 6.04 Å². The van der Waals surface area contributed by atoms with Gasteiger partial charge in [-0.15, -0.1) is 0 Å². The maximum atomic E-state index is 12.0. The minimum absolute atomic E-state index is 0.190. The number of hydrogen-bond acceptors (Lipinski definition) is 5. The molecule has 0 aromatic carbocycles. The van der Waals surface area contributed by atoms with Crippen LogP contribution in [0.2, 0.25) is 0 Å². The molecule has 0 aliphatic carbocycles. The number of furan rings is 1. The van der Waals surface area contributed by atoms with E-state index in [0.717, 1.165) is 0 Å². The Bertz CT molecular complexity index is 498. The first-order valence-electron chi connectivity index (χ1n) is 5.32. The number of rotatable bonds is 4. The zero-order valence-corrected chi connectivity index (χ0v) is 11.6. The predicted molar refractivity (Wildman–Crippen MR) is 65.3 cm³/mol. The van der Waals surface area contributed by atoms with Gasteiger partial charge in [0.25, 0.3) is 0 Å². The second-order valence-electron chi connectivity index (χ2n) is 4.71. The molecule has 0 spiro atoms. The van der Waals surface area contributed by atoms with E-state index in [-0.39, 0.29) is 5.76 Å². The Balaban J connectivity index is 3.05. The lowest BCUT2D eigenvalue weighted by Gasteiger charge is -2.22. The molecule has 1 aromatic heterocycles. The lowest BCUT2D eigenvalue weighted by Crippen LogP contribution is -2.43. The lowest BCUT2D eigenvalue weighted by atomic mass is 10.2. The summed E-state index contributed by atoms with van der Waals surface area (Å²) in [5.74, 6) is -0.535. The molecule has 0 aliphatic rings. The number of nitrogens with one attached hydrogen (secondary N) is 1. The summed E-state index contributed by atoms with van der Waals surface area (Å²) >= 11 is 0. The molecule has 0 amide bonds. The smallest absolute Gasteiger partial charge is 0.331 e. The first kappa shape index (κ1) is 14.7. The van der Waals surface area contributed by atoms with Crippen LogP contribution in [0.4, 0.5) is 0 Å². The predicted octanol–water partition coefficient (Wildman–Crippen LogP) is 1.21. The van der Waals surface area contributed by atoms with Crippen molar-refractivity contribution in [3.8, 4) is 0 Å². The van der Waals surface area contributed by atoms with E-state index in [1.165, 1.54) is 40.2 Å². The van der Waals surface area contributed by atoms with Gasteiger partial charge in [0, 0.05) is 0 Å². The van der Waals surface area contributed by atoms with E-state index in [1.807, 2.05) is 0 Å². The second kappa shape index (κ2) is 5.11. The largest absolute Gasteiger partial charge is 0.467 e. The highest BCUT2D eigenvalue weighted by molar-refractivity contribution is 7.90. The summed E-state index contributed by atoms with van der Waals surface area (Å²) in [6.07, 6.45) is 1.36. The van der Waals surface area contributed by atoms with Gasteiger partial charge in [0.05, 0.1) is 18.1 Å². The van der Waals surface area contributed by atoms with E-state index in [0.29, 0.717) is 0 Å². The zero-order chi connectivity index (χ0) is 14.0. The van der Waals surface area contributed by atoms with Crippen molar-refractivity contribution in [3.05, 3.63) is 24.2 Å². The van der Waals surface area contributed by atoms with E-state index < -0.39 is 26.8 Å². The van der Waals surface area contributed by atoms with Crippen molar-refractivity contribution in [2.75, 3.05) is 7.11 Å². The van der Waals surface area contributed by atoms with Crippen molar-refractivity contribution < 1.29 is 22.4 Å². The third-order valence-electron chi connectivity index (χ3n) is 2.34. The fourth-order valence-electron chi connectivity index (χ4n) is 1.13. The second-order valence-corrected chi connectivity index (χ2v) is 7.17. The van der Waals surface area contributed by atoms with E-state index in [2.05, 4.69) is 9.46 Å². The van der Waals surface area contributed by atoms with Gasteiger partial charge in [0.2, 0.25) is 10.0 Å². The maximum absolute atomic E-state index is 12.0. The van der Waals surface area contributed by atoms with Crippen LogP contribution in [0.5, 0.6) is 0 Å². The van der Waals surface area contributed by atoms with Gasteiger partial charge < -0.3 is 9.15 Å². The quantitative estimate of drug-likeness (QED) is 0.835. The highest BCUT2D eigenvalue weighted by Crippen LogP contribution is 2.21. The Morgan fingerprint density at radius 2 is 2.06 bits per heavy atom. The molecule has 0 saturated heterocycles. The molecular weight excluding hydrogens is 258 g/mol. The van der Waals surface area contributed by atoms with Crippen LogP contribution in [0.3, 0.4) is 0 Å². The third kappa shape index (κ3) is 3.11. The highest BCUT2D eigenvalue weighted by atomic mass is 32.2. The Hall–Kier alpha value is -1.34. The van der Waals surface area contributed by atoms with Crippen molar-refractivity contribution in [1.82, 2.24) is 4.72 Å². The average Bonchev–Trinajstić information content (AvgIpc) is 2.76. The summed E-state index contributed by atoms with van der Waals surface area (Å²) in [5, 5.41) is 0. The van der Waals surface area contributed by atoms with Crippen molar-refractivity contribution in [3.63, 3.8) is 0 Å². The standard InChI is InChI=1S/C11H17NO5S/c1-11(2,3)18(14,15)12-9(10(13)16-4)8-6-5-7-17-8/h5-7,9,12H,1-4H3. The van der Waals surface area contributed by atoms with E-state index in [9.17, 15) is 13.2 Å². The van der Waals surface area contributed by atoms with Crippen molar-refractivity contribution in [2.24, 2.45) is 0 Å². The lowest BCUT2D eigenvalue weighted by molar-refractivity contribution is -0.143. The number of esters is 1. The molecule has 0 fully saturated rings. The van der Waals surface area contributed by atoms with Crippen LogP contribution >= 0.6 is 0 Å². The Kier molecular flexibility index (Phi) is 4.18. The van der Waals surface area contributed by atoms with Gasteiger partial charge in [-0.2, -0.15) is 4.72 Å². The molecule has 18 heavy (non-hydrogen) atoms. The van der Waals surface area contributed by atoms with Crippen LogP contribution in [0, 0.1) is 0 Å². The molecular formula is C11H17NO5S. The molecule has 1 rings (SSSR count). The summed E-state index contributed by atoms with van der Waals surface area (Å²) in [4.78, 5) is 11.6. The van der Waals surface area contributed by atoms with E-state index in [4.69, 9.17) is 4.42 Å². The molecule has 0 saturated carbocycles. The molecule has 6 nitrogen and oxygen atoms in total. The normalized spacial score (nSPS) is 14.2. The number of ether oxygens (including phenoxy) is 1. The Morgan fingerprint density at radius 3 is 2.44 bits per heavy atom. The summed E-state index contributed by atoms with van der Waals surface area (Å²) in [6, 6.07) is 1.90. The maximum Gasteiger partial charge on any atom is 0.331 e. The Morgan fingerprint density at radius 1 is 1.44 bits per heavy atom. The zero-order valence-electron chi connectivity index (χ0n) is 10.8. The van der Waals surface area contributed by atoms with E-state index >= 15 is 0 Å². The fourth-order valence-corrected chi connectivity index (χ4v) is 2.00.